The summed E-state index contributed by atoms with van der Waals surface area (Å²) < 4.78 is 18.4. The third kappa shape index (κ3) is 2.48. The molecule has 0 saturated heterocycles. The lowest BCUT2D eigenvalue weighted by Gasteiger charge is -2.21. The van der Waals surface area contributed by atoms with Gasteiger partial charge in [0, 0.05) is 18.7 Å². The van der Waals surface area contributed by atoms with E-state index in [-0.39, 0.29) is 9.89 Å². The fraction of sp³-hybridized carbons (Fsp3) is 0.556. The summed E-state index contributed by atoms with van der Waals surface area (Å²) in [7, 11) is 1.59. The minimum absolute atomic E-state index is 0.273. The van der Waals surface area contributed by atoms with Crippen LogP contribution >= 0.6 is 15.9 Å². The average molecular weight is 263 g/mol. The predicted molar refractivity (Wildman–Crippen MR) is 54.6 cm³/mol. The highest BCUT2D eigenvalue weighted by molar-refractivity contribution is 9.10. The van der Waals surface area contributed by atoms with Crippen molar-refractivity contribution in [3.05, 3.63) is 22.4 Å². The second-order valence-electron chi connectivity index (χ2n) is 3.65. The summed E-state index contributed by atoms with van der Waals surface area (Å²) in [5.74, 6) is -0.0979. The molecule has 78 valence electrons. The molecule has 1 heterocycles. The molecule has 0 bridgehead atoms. The molecule has 0 amide bonds. The van der Waals surface area contributed by atoms with Crippen LogP contribution in [-0.2, 0) is 10.2 Å². The minimum Gasteiger partial charge on any atom is -0.384 e. The zero-order valence-electron chi connectivity index (χ0n) is 8.34. The van der Waals surface area contributed by atoms with E-state index in [0.717, 1.165) is 0 Å². The second kappa shape index (κ2) is 4.31. The predicted octanol–water partition coefficient (Wildman–Crippen LogP) is 2.30. The van der Waals surface area contributed by atoms with Crippen molar-refractivity contribution >= 4 is 15.9 Å². The summed E-state index contributed by atoms with van der Waals surface area (Å²) in [5, 5.41) is 0. The van der Waals surface area contributed by atoms with Gasteiger partial charge >= 0.3 is 0 Å². The molecule has 3 nitrogen and oxygen atoms in total. The van der Waals surface area contributed by atoms with Gasteiger partial charge in [-0.3, -0.25) is 0 Å². The largest absolute Gasteiger partial charge is 0.384 e. The number of rotatable bonds is 3. The first-order valence-corrected chi connectivity index (χ1v) is 4.94. The maximum Gasteiger partial charge on any atom is 0.230 e. The zero-order chi connectivity index (χ0) is 10.8. The first kappa shape index (κ1) is 11.5. The van der Waals surface area contributed by atoms with Crippen molar-refractivity contribution in [1.29, 1.82) is 0 Å². The Morgan fingerprint density at radius 1 is 1.57 bits per heavy atom. The summed E-state index contributed by atoms with van der Waals surface area (Å²) in [6.07, 6.45) is 1.41. The Morgan fingerprint density at radius 2 is 2.21 bits per heavy atom. The number of hydrogen-bond acceptors (Lipinski definition) is 3. The summed E-state index contributed by atoms with van der Waals surface area (Å²) in [5.41, 5.74) is -0.379. The molecule has 0 aliphatic heterocycles. The van der Waals surface area contributed by atoms with Crippen LogP contribution in [-0.4, -0.2) is 23.7 Å². The first-order chi connectivity index (χ1) is 6.47. The molecule has 0 unspecified atom stereocenters. The van der Waals surface area contributed by atoms with Gasteiger partial charge < -0.3 is 4.74 Å². The van der Waals surface area contributed by atoms with E-state index in [2.05, 4.69) is 25.9 Å². The first-order valence-electron chi connectivity index (χ1n) is 4.15. The van der Waals surface area contributed by atoms with Crippen molar-refractivity contribution in [2.75, 3.05) is 13.7 Å². The van der Waals surface area contributed by atoms with Crippen molar-refractivity contribution in [3.8, 4) is 0 Å². The quantitative estimate of drug-likeness (QED) is 0.785. The van der Waals surface area contributed by atoms with E-state index in [1.54, 1.807) is 7.11 Å². The fourth-order valence-electron chi connectivity index (χ4n) is 1.10. The Balaban J connectivity index is 3.01. The lowest BCUT2D eigenvalue weighted by Crippen LogP contribution is -2.26. The number of nitrogens with zero attached hydrogens (tertiary/aromatic N) is 2. The van der Waals surface area contributed by atoms with Crippen LogP contribution in [0.2, 0.25) is 0 Å². The maximum absolute atomic E-state index is 13.1. The van der Waals surface area contributed by atoms with Gasteiger partial charge in [0.2, 0.25) is 5.95 Å². The molecule has 1 aromatic rings. The van der Waals surface area contributed by atoms with E-state index in [0.29, 0.717) is 12.4 Å². The molecule has 14 heavy (non-hydrogen) atoms. The van der Waals surface area contributed by atoms with Crippen molar-refractivity contribution in [2.24, 2.45) is 0 Å². The van der Waals surface area contributed by atoms with Gasteiger partial charge in [-0.25, -0.2) is 9.97 Å². The van der Waals surface area contributed by atoms with Gasteiger partial charge in [-0.2, -0.15) is 4.39 Å². The van der Waals surface area contributed by atoms with Crippen molar-refractivity contribution < 1.29 is 9.13 Å². The molecule has 0 fully saturated rings. The third-order valence-electron chi connectivity index (χ3n) is 1.81. The zero-order valence-corrected chi connectivity index (χ0v) is 9.93. The highest BCUT2D eigenvalue weighted by Crippen LogP contribution is 2.21. The molecule has 0 aliphatic rings. The maximum atomic E-state index is 13.1. The van der Waals surface area contributed by atoms with Crippen LogP contribution in [0.4, 0.5) is 4.39 Å². The SMILES string of the molecule is COCC(C)(C)c1ncc(Br)c(F)n1. The van der Waals surface area contributed by atoms with Gasteiger partial charge in [-0.15, -0.1) is 0 Å². The van der Waals surface area contributed by atoms with E-state index in [1.807, 2.05) is 13.8 Å². The molecule has 5 heteroatoms. The number of aromatic nitrogens is 2. The smallest absolute Gasteiger partial charge is 0.230 e. The monoisotopic (exact) mass is 262 g/mol. The minimum atomic E-state index is -0.542. The lowest BCUT2D eigenvalue weighted by atomic mass is 9.94. The van der Waals surface area contributed by atoms with Crippen LogP contribution in [0, 0.1) is 5.95 Å². The Hall–Kier alpha value is -0.550. The fourth-order valence-corrected chi connectivity index (χ4v) is 1.29. The number of hydrogen-bond donors (Lipinski definition) is 0. The van der Waals surface area contributed by atoms with Gasteiger partial charge in [0.05, 0.1) is 11.1 Å². The average Bonchev–Trinajstić information content (AvgIpc) is 2.09. The third-order valence-corrected chi connectivity index (χ3v) is 2.34. The molecule has 0 saturated carbocycles. The van der Waals surface area contributed by atoms with Crippen molar-refractivity contribution in [3.63, 3.8) is 0 Å². The van der Waals surface area contributed by atoms with E-state index >= 15 is 0 Å². The Labute approximate surface area is 90.8 Å². The van der Waals surface area contributed by atoms with Crippen LogP contribution in [0.3, 0.4) is 0 Å². The van der Waals surface area contributed by atoms with Gasteiger partial charge in [0.15, 0.2) is 0 Å². The van der Waals surface area contributed by atoms with E-state index in [4.69, 9.17) is 4.74 Å². The van der Waals surface area contributed by atoms with Gasteiger partial charge in [0.1, 0.15) is 5.82 Å². The van der Waals surface area contributed by atoms with Crippen molar-refractivity contribution in [1.82, 2.24) is 9.97 Å². The highest BCUT2D eigenvalue weighted by Gasteiger charge is 2.24. The van der Waals surface area contributed by atoms with Crippen LogP contribution in [0.1, 0.15) is 19.7 Å². The van der Waals surface area contributed by atoms with E-state index in [1.165, 1.54) is 6.20 Å². The van der Waals surface area contributed by atoms with Crippen molar-refractivity contribution in [2.45, 2.75) is 19.3 Å². The molecule has 0 aromatic carbocycles. The molecule has 0 spiro atoms. The molecule has 1 rings (SSSR count). The Kier molecular flexibility index (Phi) is 3.55. The van der Waals surface area contributed by atoms with Gasteiger partial charge in [-0.05, 0) is 15.9 Å². The molecular weight excluding hydrogens is 251 g/mol. The van der Waals surface area contributed by atoms with Crippen LogP contribution < -0.4 is 0 Å². The molecule has 0 radical (unpaired) electrons. The standard InChI is InChI=1S/C9H12BrFN2O/c1-9(2,5-14-3)8-12-4-6(10)7(11)13-8/h4H,5H2,1-3H3. The van der Waals surface area contributed by atoms with Gasteiger partial charge in [0.25, 0.3) is 0 Å². The highest BCUT2D eigenvalue weighted by atomic mass is 79.9. The van der Waals surface area contributed by atoms with E-state index in [9.17, 15) is 4.39 Å². The summed E-state index contributed by atoms with van der Waals surface area (Å²) in [6, 6.07) is 0. The number of methoxy groups -OCH3 is 1. The number of ether oxygens (including phenoxy) is 1. The molecule has 0 N–H and O–H groups in total. The number of halogens is 2. The molecular formula is C9H12BrFN2O. The Bertz CT molecular complexity index is 331. The summed E-state index contributed by atoms with van der Waals surface area (Å²) >= 11 is 3.00. The molecule has 1 aromatic heterocycles. The summed E-state index contributed by atoms with van der Waals surface area (Å²) in [6.45, 7) is 4.26. The van der Waals surface area contributed by atoms with Crippen LogP contribution in [0.15, 0.2) is 10.7 Å². The topological polar surface area (TPSA) is 35.0 Å². The molecule has 0 atom stereocenters. The summed E-state index contributed by atoms with van der Waals surface area (Å²) in [4.78, 5) is 7.81. The van der Waals surface area contributed by atoms with Gasteiger partial charge in [-0.1, -0.05) is 13.8 Å². The van der Waals surface area contributed by atoms with Crippen LogP contribution in [0.5, 0.6) is 0 Å². The van der Waals surface area contributed by atoms with E-state index < -0.39 is 5.95 Å². The Morgan fingerprint density at radius 3 is 2.71 bits per heavy atom. The normalized spacial score (nSPS) is 11.8. The molecule has 0 aliphatic carbocycles. The van der Waals surface area contributed by atoms with Crippen LogP contribution in [0.25, 0.3) is 0 Å². The second-order valence-corrected chi connectivity index (χ2v) is 4.50. The lowest BCUT2D eigenvalue weighted by molar-refractivity contribution is 0.142.